The zero-order valence-electron chi connectivity index (χ0n) is 15.2. The monoisotopic (exact) mass is 381 g/mol. The second-order valence-electron chi connectivity index (χ2n) is 6.83. The molecule has 0 saturated heterocycles. The Hall–Kier alpha value is -3.03. The van der Waals surface area contributed by atoms with Crippen molar-refractivity contribution in [3.8, 4) is 5.75 Å². The van der Waals surface area contributed by atoms with Gasteiger partial charge in [0, 0.05) is 16.8 Å². The van der Waals surface area contributed by atoms with Crippen molar-refractivity contribution in [3.63, 3.8) is 0 Å². The van der Waals surface area contributed by atoms with Crippen LogP contribution in [0.1, 0.15) is 22.8 Å². The molecule has 7 heteroatoms. The average molecular weight is 381 g/mol. The quantitative estimate of drug-likeness (QED) is 0.600. The van der Waals surface area contributed by atoms with E-state index in [0.717, 1.165) is 0 Å². The van der Waals surface area contributed by atoms with Crippen molar-refractivity contribution in [1.29, 1.82) is 0 Å². The summed E-state index contributed by atoms with van der Waals surface area (Å²) in [5.74, 6) is -2.34. The van der Waals surface area contributed by atoms with Gasteiger partial charge in [0.05, 0.1) is 0 Å². The molecule has 28 heavy (non-hydrogen) atoms. The van der Waals surface area contributed by atoms with Gasteiger partial charge >= 0.3 is 5.97 Å². The number of ether oxygens (including phenoxy) is 2. The van der Waals surface area contributed by atoms with Crippen LogP contribution in [0.15, 0.2) is 59.6 Å². The van der Waals surface area contributed by atoms with E-state index in [1.807, 2.05) is 18.2 Å². The maximum atomic E-state index is 12.9. The highest BCUT2D eigenvalue weighted by atomic mass is 16.6. The number of carbonyl (C=O) groups excluding carboxylic acids is 2. The minimum Gasteiger partial charge on any atom is -0.490 e. The van der Waals surface area contributed by atoms with Gasteiger partial charge in [-0.15, -0.1) is 0 Å². The van der Waals surface area contributed by atoms with Crippen molar-refractivity contribution in [2.45, 2.75) is 18.2 Å². The Labute approximate surface area is 161 Å². The SMILES string of the molecule is CC1=N[C@]2(O)c3ccccc3C(=O)[C@]2(O)[C@H]1C(=O)OCCOc1ccccc1. The van der Waals surface area contributed by atoms with Gasteiger partial charge in [0.15, 0.2) is 5.60 Å². The summed E-state index contributed by atoms with van der Waals surface area (Å²) in [4.78, 5) is 29.6. The van der Waals surface area contributed by atoms with Crippen molar-refractivity contribution in [3.05, 3.63) is 65.7 Å². The topological polar surface area (TPSA) is 105 Å². The van der Waals surface area contributed by atoms with Crippen molar-refractivity contribution >= 4 is 17.5 Å². The van der Waals surface area contributed by atoms with Gasteiger partial charge in [-0.25, -0.2) is 0 Å². The molecule has 0 unspecified atom stereocenters. The lowest BCUT2D eigenvalue weighted by Crippen LogP contribution is -2.56. The predicted octanol–water partition coefficient (Wildman–Crippen LogP) is 1.47. The van der Waals surface area contributed by atoms with Crippen molar-refractivity contribution in [1.82, 2.24) is 0 Å². The number of aliphatic hydroxyl groups is 2. The summed E-state index contributed by atoms with van der Waals surface area (Å²) >= 11 is 0. The smallest absolute Gasteiger partial charge is 0.318 e. The van der Waals surface area contributed by atoms with Gasteiger partial charge in [0.2, 0.25) is 11.5 Å². The minimum atomic E-state index is -2.42. The maximum Gasteiger partial charge on any atom is 0.318 e. The van der Waals surface area contributed by atoms with E-state index in [4.69, 9.17) is 9.47 Å². The van der Waals surface area contributed by atoms with Crippen LogP contribution in [-0.4, -0.2) is 46.5 Å². The van der Waals surface area contributed by atoms with Crippen LogP contribution in [0, 0.1) is 5.92 Å². The van der Waals surface area contributed by atoms with Crippen LogP contribution >= 0.6 is 0 Å². The van der Waals surface area contributed by atoms with E-state index in [1.54, 1.807) is 24.3 Å². The summed E-state index contributed by atoms with van der Waals surface area (Å²) in [5.41, 5.74) is -4.15. The Kier molecular flexibility index (Phi) is 4.28. The van der Waals surface area contributed by atoms with Gasteiger partial charge in [-0.3, -0.25) is 14.6 Å². The van der Waals surface area contributed by atoms with Gasteiger partial charge in [0.1, 0.15) is 24.9 Å². The summed E-state index contributed by atoms with van der Waals surface area (Å²) in [6.45, 7) is 1.51. The lowest BCUT2D eigenvalue weighted by atomic mass is 9.79. The van der Waals surface area contributed by atoms with Crippen LogP contribution in [-0.2, 0) is 15.3 Å². The molecule has 1 heterocycles. The Morgan fingerprint density at radius 1 is 1.07 bits per heavy atom. The van der Waals surface area contributed by atoms with E-state index in [2.05, 4.69) is 4.99 Å². The number of ketones is 1. The summed E-state index contributed by atoms with van der Waals surface area (Å²) in [6, 6.07) is 15.3. The summed E-state index contributed by atoms with van der Waals surface area (Å²) < 4.78 is 10.7. The number of aliphatic imine (C=N–C) groups is 1. The van der Waals surface area contributed by atoms with Crippen molar-refractivity contribution in [2.24, 2.45) is 10.9 Å². The minimum absolute atomic E-state index is 0.0762. The molecular formula is C21H19NO6. The number of nitrogens with zero attached hydrogens (tertiary/aromatic N) is 1. The molecule has 2 N–H and O–H groups in total. The molecule has 0 bridgehead atoms. The molecule has 0 fully saturated rings. The molecule has 0 aromatic heterocycles. The van der Waals surface area contributed by atoms with Crippen molar-refractivity contribution < 1.29 is 29.3 Å². The Morgan fingerprint density at radius 2 is 1.75 bits per heavy atom. The highest BCUT2D eigenvalue weighted by Gasteiger charge is 2.72. The number of benzene rings is 2. The van der Waals surface area contributed by atoms with Gasteiger partial charge < -0.3 is 19.7 Å². The van der Waals surface area contributed by atoms with Crippen LogP contribution in [0.3, 0.4) is 0 Å². The zero-order chi connectivity index (χ0) is 19.9. The largest absolute Gasteiger partial charge is 0.490 e. The van der Waals surface area contributed by atoms with E-state index in [-0.39, 0.29) is 30.1 Å². The van der Waals surface area contributed by atoms with Crippen LogP contribution in [0.5, 0.6) is 5.75 Å². The first-order valence-electron chi connectivity index (χ1n) is 8.89. The van der Waals surface area contributed by atoms with Crippen LogP contribution in [0.4, 0.5) is 0 Å². The molecule has 0 amide bonds. The van der Waals surface area contributed by atoms with E-state index < -0.39 is 29.0 Å². The first-order chi connectivity index (χ1) is 13.4. The van der Waals surface area contributed by atoms with E-state index in [1.165, 1.54) is 19.1 Å². The normalized spacial score (nSPS) is 27.8. The molecule has 2 aromatic carbocycles. The maximum absolute atomic E-state index is 12.9. The van der Waals surface area contributed by atoms with Crippen LogP contribution < -0.4 is 4.74 Å². The second-order valence-corrected chi connectivity index (χ2v) is 6.83. The number of esters is 1. The molecule has 0 radical (unpaired) electrons. The Morgan fingerprint density at radius 3 is 2.50 bits per heavy atom. The number of hydrogen-bond donors (Lipinski definition) is 2. The average Bonchev–Trinajstić information content (AvgIpc) is 3.01. The molecule has 2 aromatic rings. The van der Waals surface area contributed by atoms with E-state index in [0.29, 0.717) is 5.75 Å². The number of hydrogen-bond acceptors (Lipinski definition) is 7. The highest BCUT2D eigenvalue weighted by Crippen LogP contribution is 2.53. The lowest BCUT2D eigenvalue weighted by Gasteiger charge is -2.31. The number of carbonyl (C=O) groups is 2. The fourth-order valence-electron chi connectivity index (χ4n) is 3.90. The first-order valence-corrected chi connectivity index (χ1v) is 8.89. The predicted molar refractivity (Wildman–Crippen MR) is 99.1 cm³/mol. The van der Waals surface area contributed by atoms with Gasteiger partial charge in [-0.2, -0.15) is 0 Å². The Balaban J connectivity index is 1.50. The standard InChI is InChI=1S/C21H19NO6/c1-13-17(19(24)28-12-11-27-14-7-3-2-4-8-14)20(25)18(23)15-9-5-6-10-16(15)21(20,26)22-13/h2-10,17,25-26H,11-12H2,1H3/t17-,20-,21+/m1/s1. The number of Topliss-reactive ketones (excluding diaryl/α,β-unsaturated/α-hetero) is 1. The molecular weight excluding hydrogens is 362 g/mol. The fraction of sp³-hybridized carbons (Fsp3) is 0.286. The van der Waals surface area contributed by atoms with E-state index in [9.17, 15) is 19.8 Å². The van der Waals surface area contributed by atoms with Gasteiger partial charge in [-0.05, 0) is 19.1 Å². The lowest BCUT2D eigenvalue weighted by molar-refractivity contribution is -0.165. The fourth-order valence-corrected chi connectivity index (χ4v) is 3.90. The van der Waals surface area contributed by atoms with Crippen LogP contribution in [0.2, 0.25) is 0 Å². The van der Waals surface area contributed by atoms with Crippen molar-refractivity contribution in [2.75, 3.05) is 13.2 Å². The molecule has 4 rings (SSSR count). The van der Waals surface area contributed by atoms with E-state index >= 15 is 0 Å². The molecule has 3 atom stereocenters. The number of para-hydroxylation sites is 1. The Bertz CT molecular complexity index is 972. The third-order valence-corrected chi connectivity index (χ3v) is 5.17. The molecule has 1 aliphatic heterocycles. The third kappa shape index (κ3) is 2.47. The van der Waals surface area contributed by atoms with Gasteiger partial charge in [-0.1, -0.05) is 42.5 Å². The third-order valence-electron chi connectivity index (χ3n) is 5.17. The first kappa shape index (κ1) is 18.3. The second kappa shape index (κ2) is 6.54. The number of rotatable bonds is 5. The molecule has 7 nitrogen and oxygen atoms in total. The zero-order valence-corrected chi connectivity index (χ0v) is 15.2. The van der Waals surface area contributed by atoms with Gasteiger partial charge in [0.25, 0.3) is 0 Å². The highest BCUT2D eigenvalue weighted by molar-refractivity contribution is 6.18. The molecule has 1 aliphatic carbocycles. The molecule has 0 saturated carbocycles. The molecule has 2 aliphatic rings. The summed E-state index contributed by atoms with van der Waals surface area (Å²) in [5, 5.41) is 22.2. The summed E-state index contributed by atoms with van der Waals surface area (Å²) in [7, 11) is 0. The van der Waals surface area contributed by atoms with Crippen LogP contribution in [0.25, 0.3) is 0 Å². The molecule has 144 valence electrons. The number of fused-ring (bicyclic) bond motifs is 3. The summed E-state index contributed by atoms with van der Waals surface area (Å²) in [6.07, 6.45) is 0. The molecule has 0 spiro atoms.